The molecule has 0 N–H and O–H groups in total. The predicted molar refractivity (Wildman–Crippen MR) is 307 cm³/mol. The minimum absolute atomic E-state index is 0.170. The van der Waals surface area contributed by atoms with Crippen molar-refractivity contribution in [2.45, 2.75) is 139 Å². The maximum Gasteiger partial charge on any atom is 0.212 e. The fraction of sp³-hybridized carbons (Fsp3) is 0.391. The van der Waals surface area contributed by atoms with Gasteiger partial charge in [0.1, 0.15) is 25.5 Å². The van der Waals surface area contributed by atoms with Gasteiger partial charge in [-0.3, -0.25) is 0 Å². The van der Waals surface area contributed by atoms with Gasteiger partial charge < -0.3 is 29.4 Å². The van der Waals surface area contributed by atoms with Crippen LogP contribution in [0, 0.1) is 34.6 Å². The molecular weight excluding hydrogens is 867 g/mol. The Balaban J connectivity index is 0.000000170. The molecule has 0 amide bonds. The van der Waals surface area contributed by atoms with Gasteiger partial charge >= 0.3 is 0 Å². The first-order chi connectivity index (χ1) is 36.0. The van der Waals surface area contributed by atoms with Crippen LogP contribution in [0.2, 0.25) is 0 Å². The van der Waals surface area contributed by atoms with Crippen LogP contribution in [-0.4, -0.2) is 49.3 Å². The number of para-hydroxylation sites is 5. The molecule has 71 heavy (non-hydrogen) atoms. The second-order valence-corrected chi connectivity index (χ2v) is 20.9. The lowest BCUT2D eigenvalue weighted by molar-refractivity contribution is -0.661. The topological polar surface area (TPSA) is 23.3 Å². The molecule has 0 fully saturated rings. The van der Waals surface area contributed by atoms with E-state index in [9.17, 15) is 0 Å². The number of nitrogens with zero attached hydrogens (tertiary/aromatic N) is 7. The van der Waals surface area contributed by atoms with Crippen molar-refractivity contribution in [3.8, 4) is 11.3 Å². The van der Waals surface area contributed by atoms with E-state index in [1.807, 2.05) is 112 Å². The molecule has 7 heteroatoms. The fourth-order valence-electron chi connectivity index (χ4n) is 9.47. The minimum atomic E-state index is -2.16. The monoisotopic (exact) mass is 959 g/mol. The van der Waals surface area contributed by atoms with Crippen molar-refractivity contribution in [1.29, 1.82) is 0 Å². The highest BCUT2D eigenvalue weighted by atomic mass is 15.4. The van der Waals surface area contributed by atoms with Gasteiger partial charge in [0, 0.05) is 88.3 Å². The van der Waals surface area contributed by atoms with Crippen molar-refractivity contribution in [3.05, 3.63) is 191 Å². The van der Waals surface area contributed by atoms with E-state index in [0.29, 0.717) is 6.17 Å². The number of aromatic nitrogens is 1. The van der Waals surface area contributed by atoms with Crippen molar-refractivity contribution in [2.24, 2.45) is 7.05 Å². The van der Waals surface area contributed by atoms with Gasteiger partial charge in [-0.15, -0.1) is 0 Å². The molecule has 6 aromatic rings. The summed E-state index contributed by atoms with van der Waals surface area (Å²) in [6.07, 6.45) is 12.3. The number of hydrogen-bond acceptors (Lipinski definition) is 6. The zero-order valence-corrected chi connectivity index (χ0v) is 45.7. The summed E-state index contributed by atoms with van der Waals surface area (Å²) in [5.41, 5.74) is 17.3. The average Bonchev–Trinajstić information content (AvgIpc) is 4.09. The lowest BCUT2D eigenvalue weighted by Gasteiger charge is -2.32. The molecule has 3 aliphatic heterocycles. The lowest BCUT2D eigenvalue weighted by Crippen LogP contribution is -2.37. The van der Waals surface area contributed by atoms with Crippen LogP contribution in [0.1, 0.15) is 122 Å². The molecule has 9 rings (SSSR count). The van der Waals surface area contributed by atoms with Crippen LogP contribution < -0.4 is 24.2 Å². The molecule has 7 nitrogen and oxygen atoms in total. The zero-order chi connectivity index (χ0) is 56.9. The largest absolute Gasteiger partial charge is 0.359 e. The van der Waals surface area contributed by atoms with Gasteiger partial charge in [-0.2, -0.15) is 0 Å². The SMILES string of the molecule is CCC(C)(C)c1cc(-c2ccc(C)cc2C)[n+](C)cc1C(C)(C)CC.Cc1ccccc1N1C=CN(C)[C@@H]1C.[2H]C([2H])([2H])N1C=CN(c2ccccc2C)[C@H]1C.[2H]C([2H])([2H])N1c2ccccc2N(c2ccccc2C)[C@H]1C. The van der Waals surface area contributed by atoms with Crippen LogP contribution in [0.4, 0.5) is 28.4 Å². The molecule has 0 saturated carbocycles. The molecule has 0 bridgehead atoms. The molecule has 0 spiro atoms. The van der Waals surface area contributed by atoms with Crippen LogP contribution in [0.15, 0.2) is 152 Å². The first-order valence-corrected chi connectivity index (χ1v) is 25.5. The summed E-state index contributed by atoms with van der Waals surface area (Å²) >= 11 is 0. The molecule has 4 heterocycles. The number of fused-ring (bicyclic) bond motifs is 1. The van der Waals surface area contributed by atoms with Crippen molar-refractivity contribution in [2.75, 3.05) is 40.6 Å². The van der Waals surface area contributed by atoms with Gasteiger partial charge in [-0.25, -0.2) is 4.57 Å². The van der Waals surface area contributed by atoms with Gasteiger partial charge in [0.05, 0.1) is 11.4 Å². The summed E-state index contributed by atoms with van der Waals surface area (Å²) < 4.78 is 48.1. The highest BCUT2D eigenvalue weighted by molar-refractivity contribution is 5.84. The number of aryl methyl sites for hydroxylation is 6. The normalized spacial score (nSPS) is 18.7. The Labute approximate surface area is 438 Å². The summed E-state index contributed by atoms with van der Waals surface area (Å²) in [5, 5.41) is 0. The number of benzene rings is 5. The Morgan fingerprint density at radius 3 is 1.44 bits per heavy atom. The van der Waals surface area contributed by atoms with E-state index < -0.39 is 14.0 Å². The Morgan fingerprint density at radius 1 is 0.507 bits per heavy atom. The number of hydrogen-bond donors (Lipinski definition) is 0. The van der Waals surface area contributed by atoms with Gasteiger partial charge in [-0.05, 0) is 143 Å². The molecule has 376 valence electrons. The third-order valence-electron chi connectivity index (χ3n) is 15.1. The summed E-state index contributed by atoms with van der Waals surface area (Å²) in [4.78, 5) is 11.5. The summed E-state index contributed by atoms with van der Waals surface area (Å²) in [6.45, 7) is 26.4. The van der Waals surface area contributed by atoms with E-state index in [2.05, 4.69) is 170 Å². The maximum absolute atomic E-state index is 7.83. The van der Waals surface area contributed by atoms with E-state index in [0.717, 1.165) is 46.7 Å². The van der Waals surface area contributed by atoms with Gasteiger partial charge in [0.25, 0.3) is 0 Å². The average molecular weight is 959 g/mol. The first-order valence-electron chi connectivity index (χ1n) is 28.5. The van der Waals surface area contributed by atoms with Crippen LogP contribution in [-0.2, 0) is 17.9 Å². The highest BCUT2D eigenvalue weighted by Crippen LogP contribution is 2.44. The smallest absolute Gasteiger partial charge is 0.212 e. The first kappa shape index (κ1) is 45.7. The number of rotatable bonds is 8. The summed E-state index contributed by atoms with van der Waals surface area (Å²) in [7, 11) is 4.28. The van der Waals surface area contributed by atoms with Gasteiger partial charge in [0.15, 0.2) is 6.20 Å². The van der Waals surface area contributed by atoms with E-state index in [1.54, 1.807) is 6.20 Å². The predicted octanol–water partition coefficient (Wildman–Crippen LogP) is 15.2. The molecule has 0 unspecified atom stereocenters. The van der Waals surface area contributed by atoms with E-state index in [4.69, 9.17) is 8.22 Å². The Hall–Kier alpha value is -6.47. The van der Waals surface area contributed by atoms with Crippen molar-refractivity contribution in [3.63, 3.8) is 0 Å². The molecule has 0 aliphatic carbocycles. The standard InChI is InChI=1S/C24H36N.C16H18N2.2C12H16N2/c1-10-23(5,6)20-15-22(19-13-12-17(3)14-18(19)4)25(9)16-21(20)24(7,8)11-2;1-12-8-4-5-9-14(12)18-13(2)17(3)15-10-6-7-11-16(15)18;2*1-10-6-4-5-7-12(10)14-9-8-13(3)11(14)2/h12-16H,10-11H2,1-9H3;4-11,13H,1-3H3;2*4-9,11H,1-3H3/q+1;;;/t;13-;2*11-/m.000/s1/i;2*3D3;. The Kier molecular flexibility index (Phi) is 14.6. The van der Waals surface area contributed by atoms with Gasteiger partial charge in [0.2, 0.25) is 5.69 Å². The van der Waals surface area contributed by atoms with Crippen LogP contribution in [0.5, 0.6) is 0 Å². The molecule has 3 aliphatic rings. The molecule has 5 aromatic carbocycles. The quantitative estimate of drug-likeness (QED) is 0.141. The minimum Gasteiger partial charge on any atom is -0.359 e. The fourth-order valence-corrected chi connectivity index (χ4v) is 9.47. The second kappa shape index (κ2) is 22.7. The van der Waals surface area contributed by atoms with Crippen LogP contribution >= 0.6 is 0 Å². The van der Waals surface area contributed by atoms with E-state index in [-0.39, 0.29) is 23.2 Å². The van der Waals surface area contributed by atoms with E-state index in [1.165, 1.54) is 54.6 Å². The van der Waals surface area contributed by atoms with Gasteiger partial charge in [-0.1, -0.05) is 126 Å². The maximum atomic E-state index is 7.83. The zero-order valence-electron chi connectivity index (χ0n) is 51.7. The lowest BCUT2D eigenvalue weighted by atomic mass is 9.71. The van der Waals surface area contributed by atoms with Crippen LogP contribution in [0.3, 0.4) is 0 Å². The second-order valence-electron chi connectivity index (χ2n) is 20.9. The molecule has 1 aromatic heterocycles. The molecule has 0 radical (unpaired) electrons. The van der Waals surface area contributed by atoms with Crippen molar-refractivity contribution >= 4 is 28.4 Å². The summed E-state index contributed by atoms with van der Waals surface area (Å²) in [5.74, 6) is 0. The Morgan fingerprint density at radius 2 is 0.972 bits per heavy atom. The van der Waals surface area contributed by atoms with Crippen molar-refractivity contribution in [1.82, 2.24) is 9.80 Å². The van der Waals surface area contributed by atoms with Crippen LogP contribution in [0.25, 0.3) is 11.3 Å². The summed E-state index contributed by atoms with van der Waals surface area (Å²) in [6, 6.07) is 41.4. The number of pyridine rings is 1. The molecule has 3 atom stereocenters. The molecule has 0 saturated heterocycles. The Bertz CT molecular complexity index is 3030. The van der Waals surface area contributed by atoms with E-state index >= 15 is 0 Å². The molecular formula is C64H86N7+. The third-order valence-corrected chi connectivity index (χ3v) is 15.1. The number of anilines is 5. The van der Waals surface area contributed by atoms with Crippen molar-refractivity contribution < 1.29 is 12.8 Å². The highest BCUT2D eigenvalue weighted by Gasteiger charge is 2.34. The third kappa shape index (κ3) is 11.8.